The molecule has 2 rings (SSSR count). The van der Waals surface area contributed by atoms with Crippen LogP contribution in [-0.2, 0) is 9.59 Å². The molecule has 0 aromatic heterocycles. The number of benzene rings is 1. The van der Waals surface area contributed by atoms with Crippen molar-refractivity contribution in [1.82, 2.24) is 5.32 Å². The van der Waals surface area contributed by atoms with Gasteiger partial charge in [0.15, 0.2) is 6.04 Å². The van der Waals surface area contributed by atoms with Crippen LogP contribution in [0.15, 0.2) is 29.3 Å². The van der Waals surface area contributed by atoms with Gasteiger partial charge < -0.3 is 10.4 Å². The first-order valence-corrected chi connectivity index (χ1v) is 7.20. The first-order chi connectivity index (χ1) is 9.91. The second-order valence-corrected chi connectivity index (χ2v) is 5.65. The summed E-state index contributed by atoms with van der Waals surface area (Å²) in [6.45, 7) is 5.76. The zero-order chi connectivity index (χ0) is 15.6. The van der Waals surface area contributed by atoms with Crippen LogP contribution in [0.4, 0.5) is 0 Å². The van der Waals surface area contributed by atoms with Crippen molar-refractivity contribution in [3.05, 3.63) is 46.0 Å². The summed E-state index contributed by atoms with van der Waals surface area (Å²) in [5.41, 5.74) is 4.38. The molecule has 1 aliphatic rings. The van der Waals surface area contributed by atoms with E-state index >= 15 is 0 Å². The van der Waals surface area contributed by atoms with Gasteiger partial charge in [-0.05, 0) is 56.7 Å². The Morgan fingerprint density at radius 1 is 1.19 bits per heavy atom. The lowest BCUT2D eigenvalue weighted by Crippen LogP contribution is -2.35. The minimum Gasteiger partial charge on any atom is -0.479 e. The number of carboxylic acid groups (broad SMARTS) is 1. The molecule has 0 saturated heterocycles. The Hall–Kier alpha value is -2.10. The lowest BCUT2D eigenvalue weighted by molar-refractivity contribution is -0.141. The number of carbonyl (C=O) groups is 2. The third kappa shape index (κ3) is 3.15. The number of hydrogen-bond donors (Lipinski definition) is 2. The first kappa shape index (κ1) is 15.3. The van der Waals surface area contributed by atoms with Crippen molar-refractivity contribution in [3.63, 3.8) is 0 Å². The molecule has 0 bridgehead atoms. The normalized spacial score (nSPS) is 16.0. The smallest absolute Gasteiger partial charge is 0.330 e. The number of amides is 1. The van der Waals surface area contributed by atoms with E-state index in [9.17, 15) is 14.7 Å². The van der Waals surface area contributed by atoms with Crippen molar-refractivity contribution in [2.75, 3.05) is 0 Å². The highest BCUT2D eigenvalue weighted by atomic mass is 16.4. The van der Waals surface area contributed by atoms with Gasteiger partial charge in [0.25, 0.3) is 0 Å². The summed E-state index contributed by atoms with van der Waals surface area (Å²) < 4.78 is 0. The van der Waals surface area contributed by atoms with Gasteiger partial charge in [0, 0.05) is 5.57 Å². The minimum absolute atomic E-state index is 0.252. The Morgan fingerprint density at radius 2 is 1.90 bits per heavy atom. The molecule has 1 unspecified atom stereocenters. The summed E-state index contributed by atoms with van der Waals surface area (Å²) in [4.78, 5) is 23.9. The summed E-state index contributed by atoms with van der Waals surface area (Å²) in [5.74, 6) is -1.29. The lowest BCUT2D eigenvalue weighted by atomic mass is 9.97. The van der Waals surface area contributed by atoms with Crippen LogP contribution in [0.25, 0.3) is 0 Å². The Balaban J connectivity index is 2.28. The van der Waals surface area contributed by atoms with E-state index in [-0.39, 0.29) is 5.91 Å². The Kier molecular flexibility index (Phi) is 4.46. The molecular formula is C17H21NO3. The number of allylic oxidation sites excluding steroid dienone is 1. The third-order valence-corrected chi connectivity index (χ3v) is 4.25. The molecule has 1 aromatic rings. The zero-order valence-electron chi connectivity index (χ0n) is 12.7. The van der Waals surface area contributed by atoms with Crippen molar-refractivity contribution in [3.8, 4) is 0 Å². The van der Waals surface area contributed by atoms with E-state index in [1.165, 1.54) is 0 Å². The van der Waals surface area contributed by atoms with Gasteiger partial charge in [-0.1, -0.05) is 23.8 Å². The SMILES string of the molecule is CC1=C(C(=O)NC(C(=O)O)c2cccc(C)c2C)CCC1. The lowest BCUT2D eigenvalue weighted by Gasteiger charge is -2.19. The van der Waals surface area contributed by atoms with Gasteiger partial charge in [0.1, 0.15) is 0 Å². The molecule has 1 aliphatic carbocycles. The monoisotopic (exact) mass is 287 g/mol. The van der Waals surface area contributed by atoms with Gasteiger partial charge in [-0.15, -0.1) is 0 Å². The zero-order valence-corrected chi connectivity index (χ0v) is 12.7. The molecule has 0 saturated carbocycles. The molecule has 0 spiro atoms. The summed E-state index contributed by atoms with van der Waals surface area (Å²) in [7, 11) is 0. The maximum atomic E-state index is 12.3. The van der Waals surface area contributed by atoms with Gasteiger partial charge in [-0.25, -0.2) is 4.79 Å². The molecule has 0 radical (unpaired) electrons. The fourth-order valence-electron chi connectivity index (χ4n) is 2.78. The van der Waals surface area contributed by atoms with Crippen LogP contribution in [0.1, 0.15) is 48.9 Å². The first-order valence-electron chi connectivity index (χ1n) is 7.20. The largest absolute Gasteiger partial charge is 0.479 e. The summed E-state index contributed by atoms with van der Waals surface area (Å²) in [5, 5.41) is 12.1. The minimum atomic E-state index is -1.03. The maximum absolute atomic E-state index is 12.3. The van der Waals surface area contributed by atoms with Crippen LogP contribution in [0, 0.1) is 13.8 Å². The topological polar surface area (TPSA) is 66.4 Å². The molecule has 0 heterocycles. The number of aliphatic carboxylic acids is 1. The fraction of sp³-hybridized carbons (Fsp3) is 0.412. The Labute approximate surface area is 124 Å². The summed E-state index contributed by atoms with van der Waals surface area (Å²) >= 11 is 0. The molecule has 1 amide bonds. The van der Waals surface area contributed by atoms with E-state index < -0.39 is 12.0 Å². The van der Waals surface area contributed by atoms with Crippen LogP contribution >= 0.6 is 0 Å². The van der Waals surface area contributed by atoms with Gasteiger partial charge >= 0.3 is 5.97 Å². The third-order valence-electron chi connectivity index (χ3n) is 4.25. The maximum Gasteiger partial charge on any atom is 0.330 e. The average molecular weight is 287 g/mol. The van der Waals surface area contributed by atoms with Crippen molar-refractivity contribution in [2.24, 2.45) is 0 Å². The standard InChI is InChI=1S/C17H21NO3/c1-10-6-4-9-14(12(10)3)15(17(20)21)18-16(19)13-8-5-7-11(13)2/h4,6,9,15H,5,7-8H2,1-3H3,(H,18,19)(H,20,21). The predicted molar refractivity (Wildman–Crippen MR) is 81.0 cm³/mol. The highest BCUT2D eigenvalue weighted by Crippen LogP contribution is 2.27. The van der Waals surface area contributed by atoms with E-state index in [2.05, 4.69) is 5.32 Å². The van der Waals surface area contributed by atoms with E-state index in [0.717, 1.165) is 41.5 Å². The van der Waals surface area contributed by atoms with Crippen LogP contribution in [0.3, 0.4) is 0 Å². The van der Waals surface area contributed by atoms with Crippen molar-refractivity contribution in [1.29, 1.82) is 0 Å². The highest BCUT2D eigenvalue weighted by molar-refractivity contribution is 5.97. The molecule has 0 aliphatic heterocycles. The van der Waals surface area contributed by atoms with E-state index in [4.69, 9.17) is 0 Å². The van der Waals surface area contributed by atoms with E-state index in [1.807, 2.05) is 32.9 Å². The molecule has 1 aromatic carbocycles. The van der Waals surface area contributed by atoms with Gasteiger partial charge in [0.2, 0.25) is 5.91 Å². The molecule has 21 heavy (non-hydrogen) atoms. The fourth-order valence-corrected chi connectivity index (χ4v) is 2.78. The predicted octanol–water partition coefficient (Wildman–Crippen LogP) is 3.05. The van der Waals surface area contributed by atoms with Crippen molar-refractivity contribution in [2.45, 2.75) is 46.1 Å². The van der Waals surface area contributed by atoms with Gasteiger partial charge in [0.05, 0.1) is 0 Å². The second kappa shape index (κ2) is 6.12. The summed E-state index contributed by atoms with van der Waals surface area (Å²) in [6.07, 6.45) is 2.62. The van der Waals surface area contributed by atoms with Crippen LogP contribution < -0.4 is 5.32 Å². The number of carbonyl (C=O) groups excluding carboxylic acids is 1. The van der Waals surface area contributed by atoms with Crippen molar-refractivity contribution >= 4 is 11.9 Å². The molecule has 4 heteroatoms. The average Bonchev–Trinajstić information content (AvgIpc) is 2.85. The molecule has 112 valence electrons. The van der Waals surface area contributed by atoms with Crippen molar-refractivity contribution < 1.29 is 14.7 Å². The highest BCUT2D eigenvalue weighted by Gasteiger charge is 2.27. The number of carboxylic acids is 1. The van der Waals surface area contributed by atoms with Crippen LogP contribution in [-0.4, -0.2) is 17.0 Å². The molecule has 0 fully saturated rings. The van der Waals surface area contributed by atoms with Gasteiger partial charge in [-0.2, -0.15) is 0 Å². The summed E-state index contributed by atoms with van der Waals surface area (Å²) in [6, 6.07) is 4.51. The second-order valence-electron chi connectivity index (χ2n) is 5.65. The number of hydrogen-bond acceptors (Lipinski definition) is 2. The van der Waals surface area contributed by atoms with Crippen LogP contribution in [0.2, 0.25) is 0 Å². The van der Waals surface area contributed by atoms with E-state index in [1.54, 1.807) is 6.07 Å². The van der Waals surface area contributed by atoms with Crippen LogP contribution in [0.5, 0.6) is 0 Å². The molecule has 1 atom stereocenters. The number of nitrogens with one attached hydrogen (secondary N) is 1. The molecule has 2 N–H and O–H groups in total. The molecule has 4 nitrogen and oxygen atoms in total. The van der Waals surface area contributed by atoms with Gasteiger partial charge in [-0.3, -0.25) is 4.79 Å². The number of aryl methyl sites for hydroxylation is 1. The Morgan fingerprint density at radius 3 is 2.48 bits per heavy atom. The quantitative estimate of drug-likeness (QED) is 0.894. The Bertz CT molecular complexity index is 616. The number of rotatable bonds is 4. The molecular weight excluding hydrogens is 266 g/mol. The van der Waals surface area contributed by atoms with E-state index in [0.29, 0.717) is 5.56 Å².